The fourth-order valence-electron chi connectivity index (χ4n) is 7.36. The van der Waals surface area contributed by atoms with Gasteiger partial charge < -0.3 is 14.6 Å². The predicted octanol–water partition coefficient (Wildman–Crippen LogP) is 7.95. The van der Waals surface area contributed by atoms with Crippen LogP contribution in [0.4, 0.5) is 24.5 Å². The topological polar surface area (TPSA) is 109 Å². The lowest BCUT2D eigenvalue weighted by atomic mass is 9.86. The van der Waals surface area contributed by atoms with E-state index in [1.165, 1.54) is 0 Å². The first-order valence-electron chi connectivity index (χ1n) is 16.1. The van der Waals surface area contributed by atoms with Crippen molar-refractivity contribution in [1.29, 1.82) is 0 Å². The Labute approximate surface area is 275 Å². The molecule has 2 saturated heterocycles. The van der Waals surface area contributed by atoms with E-state index >= 15 is 17.7 Å². The monoisotopic (exact) mass is 670 g/mol. The highest BCUT2D eigenvalue weighted by Crippen LogP contribution is 2.62. The van der Waals surface area contributed by atoms with Gasteiger partial charge in [0.25, 0.3) is 0 Å². The standard InChI is InChI=1S/C36H31F3N5O3P/c37-32-31(36(45)46)30(33(38)35(34(32)39)41-42-40)29-25-14-12-22(43-16-6-2-7-17-43)20-27(25)48(47,24-10-4-1-5-11-24)28-21-23(13-15-26(28)29)44-18-8-3-9-19-44/h1,4-5,10-15,20-21H,2-3,6-9,16-19H2/p+1. The number of hydrogen-bond acceptors (Lipinski definition) is 4. The van der Waals surface area contributed by atoms with Crippen LogP contribution < -0.4 is 15.5 Å². The Morgan fingerprint density at radius 1 is 0.917 bits per heavy atom. The van der Waals surface area contributed by atoms with Crippen LogP contribution in [-0.4, -0.2) is 47.5 Å². The lowest BCUT2D eigenvalue weighted by Crippen LogP contribution is -2.33. The molecule has 3 aromatic rings. The van der Waals surface area contributed by atoms with Crippen molar-refractivity contribution in [3.8, 4) is 0 Å². The molecule has 0 radical (unpaired) electrons. The third kappa shape index (κ3) is 5.09. The van der Waals surface area contributed by atoms with Gasteiger partial charge in [0, 0.05) is 75.7 Å². The van der Waals surface area contributed by atoms with Gasteiger partial charge >= 0.3 is 5.97 Å². The number of nitrogens with zero attached hydrogens (tertiary/aromatic N) is 5. The number of halogens is 3. The number of allylic oxidation sites excluding steroid dienone is 5. The normalized spacial score (nSPS) is 20.6. The highest BCUT2D eigenvalue weighted by atomic mass is 31.2. The smallest absolute Gasteiger partial charge is 0.339 e. The lowest BCUT2D eigenvalue weighted by Gasteiger charge is -2.36. The van der Waals surface area contributed by atoms with Gasteiger partial charge in [-0.25, -0.2) is 22.5 Å². The number of benzene rings is 3. The Hall–Kier alpha value is -4.85. The number of carbonyl (C=O) groups is 1. The molecule has 2 fully saturated rings. The highest BCUT2D eigenvalue weighted by molar-refractivity contribution is 7.83. The molecule has 1 aliphatic carbocycles. The molecular weight excluding hydrogens is 638 g/mol. The Bertz CT molecular complexity index is 2090. The zero-order chi connectivity index (χ0) is 33.6. The number of carboxylic acid groups (broad SMARTS) is 1. The van der Waals surface area contributed by atoms with Gasteiger partial charge in [-0.15, -0.1) is 0 Å². The molecule has 0 bridgehead atoms. The second-order valence-electron chi connectivity index (χ2n) is 12.4. The van der Waals surface area contributed by atoms with Crippen LogP contribution in [0.1, 0.15) is 60.0 Å². The molecule has 4 aliphatic rings. The van der Waals surface area contributed by atoms with Crippen LogP contribution in [0.25, 0.3) is 16.0 Å². The summed E-state index contributed by atoms with van der Waals surface area (Å²) in [5, 5.41) is 14.5. The summed E-state index contributed by atoms with van der Waals surface area (Å²) in [7, 11) is -3.75. The third-order valence-corrected chi connectivity index (χ3v) is 12.8. The summed E-state index contributed by atoms with van der Waals surface area (Å²) in [6.07, 6.45) is 11.4. The van der Waals surface area contributed by atoms with Gasteiger partial charge in [-0.1, -0.05) is 41.5 Å². The van der Waals surface area contributed by atoms with Crippen LogP contribution in [0.15, 0.2) is 82.8 Å². The van der Waals surface area contributed by atoms with E-state index in [9.17, 15) is 9.90 Å². The van der Waals surface area contributed by atoms with Crippen LogP contribution in [0.3, 0.4) is 0 Å². The van der Waals surface area contributed by atoms with Gasteiger partial charge in [-0.05, 0) is 60.6 Å². The van der Waals surface area contributed by atoms with Crippen molar-refractivity contribution in [2.45, 2.75) is 38.5 Å². The third-order valence-electron chi connectivity index (χ3n) is 9.65. The number of azide groups is 1. The Balaban J connectivity index is 1.63. The summed E-state index contributed by atoms with van der Waals surface area (Å²) in [6.45, 7) is 3.16. The van der Waals surface area contributed by atoms with E-state index in [0.717, 1.165) is 76.1 Å². The maximum atomic E-state index is 16.5. The summed E-state index contributed by atoms with van der Waals surface area (Å²) >= 11 is 0. The highest BCUT2D eigenvalue weighted by Gasteiger charge is 2.45. The fourth-order valence-corrected chi connectivity index (χ4v) is 10.4. The molecule has 3 aromatic carbocycles. The van der Waals surface area contributed by atoms with Crippen molar-refractivity contribution in [3.05, 3.63) is 122 Å². The predicted molar refractivity (Wildman–Crippen MR) is 180 cm³/mol. The fraction of sp³-hybridized carbons (Fsp3) is 0.278. The number of rotatable bonds is 5. The molecule has 8 nitrogen and oxygen atoms in total. The van der Waals surface area contributed by atoms with Gasteiger partial charge in [0.2, 0.25) is 5.71 Å². The molecule has 0 spiro atoms. The molecule has 0 aromatic heterocycles. The van der Waals surface area contributed by atoms with Crippen molar-refractivity contribution in [2.24, 2.45) is 5.11 Å². The number of anilines is 1. The van der Waals surface area contributed by atoms with E-state index in [0.29, 0.717) is 15.9 Å². The molecule has 0 saturated carbocycles. The van der Waals surface area contributed by atoms with Crippen molar-refractivity contribution in [2.75, 3.05) is 31.1 Å². The largest absolute Gasteiger partial charge is 0.478 e. The second kappa shape index (κ2) is 12.6. The van der Waals surface area contributed by atoms with Gasteiger partial charge in [0.1, 0.15) is 30.2 Å². The maximum absolute atomic E-state index is 16.5. The summed E-state index contributed by atoms with van der Waals surface area (Å²) in [5.41, 5.74) is 7.78. The van der Waals surface area contributed by atoms with E-state index in [1.807, 2.05) is 18.2 Å². The average Bonchev–Trinajstić information content (AvgIpc) is 3.13. The van der Waals surface area contributed by atoms with Crippen molar-refractivity contribution >= 4 is 46.4 Å². The quantitative estimate of drug-likeness (QED) is 0.0742. The number of fused-ring (bicyclic) bond motifs is 2. The van der Waals surface area contributed by atoms with Crippen LogP contribution in [0.5, 0.6) is 0 Å². The first-order chi connectivity index (χ1) is 23.3. The molecule has 12 heteroatoms. The molecule has 1 atom stereocenters. The number of hydrogen-bond donors (Lipinski definition) is 1. The van der Waals surface area contributed by atoms with E-state index in [2.05, 4.69) is 19.5 Å². The van der Waals surface area contributed by atoms with E-state index in [1.54, 1.807) is 48.6 Å². The zero-order valence-corrected chi connectivity index (χ0v) is 26.9. The molecule has 244 valence electrons. The van der Waals surface area contributed by atoms with Crippen LogP contribution in [0, 0.1) is 17.5 Å². The van der Waals surface area contributed by atoms with Crippen molar-refractivity contribution in [1.82, 2.24) is 0 Å². The summed E-state index contributed by atoms with van der Waals surface area (Å²) in [6, 6.07) is 14.2. The molecular formula is C36H32F3N5O3P+. The van der Waals surface area contributed by atoms with Gasteiger partial charge in [-0.2, -0.15) is 0 Å². The van der Waals surface area contributed by atoms with Crippen LogP contribution in [0.2, 0.25) is 0 Å². The molecule has 0 amide bonds. The van der Waals surface area contributed by atoms with E-state index in [4.69, 9.17) is 5.53 Å². The second-order valence-corrected chi connectivity index (χ2v) is 15.1. The minimum Gasteiger partial charge on any atom is -0.478 e. The first-order valence-corrected chi connectivity index (χ1v) is 17.8. The number of carboxylic acids is 1. The summed E-state index contributed by atoms with van der Waals surface area (Å²) < 4.78 is 65.5. The molecule has 3 heterocycles. The van der Waals surface area contributed by atoms with Gasteiger partial charge in [-0.3, -0.25) is 0 Å². The van der Waals surface area contributed by atoms with Crippen molar-refractivity contribution < 1.29 is 32.2 Å². The summed E-state index contributed by atoms with van der Waals surface area (Å²) in [5.74, 6) is -7.19. The lowest BCUT2D eigenvalue weighted by molar-refractivity contribution is -0.535. The van der Waals surface area contributed by atoms with Crippen LogP contribution >= 0.6 is 7.14 Å². The van der Waals surface area contributed by atoms with E-state index < -0.39 is 47.4 Å². The Kier molecular flexibility index (Phi) is 8.36. The number of piperidine rings is 2. The first kappa shape index (κ1) is 31.7. The molecule has 7 rings (SSSR count). The van der Waals surface area contributed by atoms with Crippen LogP contribution in [-0.2, 0) is 4.57 Å². The SMILES string of the molecule is [N-]=[N+]=Nc1c(F)c(F)c(C(=O)O)c(C2=C3C=CC(=[N+]4CCCCC4)C=C3P(=O)(c3ccccc3)c3cc(N4CCCCC4)ccc32)c1F. The summed E-state index contributed by atoms with van der Waals surface area (Å²) in [4.78, 5) is 17.3. The average molecular weight is 671 g/mol. The molecule has 1 N–H and O–H groups in total. The van der Waals surface area contributed by atoms with Gasteiger partial charge in [0.15, 0.2) is 18.8 Å². The number of aromatic carboxylic acids is 1. The Morgan fingerprint density at radius 2 is 1.62 bits per heavy atom. The van der Waals surface area contributed by atoms with E-state index in [-0.39, 0.29) is 16.7 Å². The maximum Gasteiger partial charge on any atom is 0.339 e. The zero-order valence-electron chi connectivity index (χ0n) is 26.0. The Morgan fingerprint density at radius 3 is 2.31 bits per heavy atom. The molecule has 3 aliphatic heterocycles. The van der Waals surface area contributed by atoms with Gasteiger partial charge in [0.05, 0.1) is 0 Å². The van der Waals surface area contributed by atoms with Crippen molar-refractivity contribution in [3.63, 3.8) is 0 Å². The molecule has 48 heavy (non-hydrogen) atoms. The minimum atomic E-state index is -3.75. The minimum absolute atomic E-state index is 0.0685. The molecule has 1 unspecified atom stereocenters.